The molecule has 0 aliphatic carbocycles. The van der Waals surface area contributed by atoms with Crippen LogP contribution in [0.5, 0.6) is 11.5 Å². The third kappa shape index (κ3) is 4.57. The molecule has 1 aliphatic rings. The highest BCUT2D eigenvalue weighted by Gasteiger charge is 2.32. The van der Waals surface area contributed by atoms with Crippen molar-refractivity contribution in [1.29, 1.82) is 0 Å². The second-order valence-electron chi connectivity index (χ2n) is 7.14. The number of carbonyl (C=O) groups excluding carboxylic acids is 1. The fraction of sp³-hybridized carbons (Fsp3) is 0.381. The Morgan fingerprint density at radius 1 is 1.07 bits per heavy atom. The Morgan fingerprint density at radius 2 is 1.63 bits per heavy atom. The highest BCUT2D eigenvalue weighted by atomic mass is 32.2. The van der Waals surface area contributed by atoms with Crippen molar-refractivity contribution >= 4 is 21.6 Å². The summed E-state index contributed by atoms with van der Waals surface area (Å²) in [5, 5.41) is 2.91. The largest absolute Gasteiger partial charge is 0.493 e. The van der Waals surface area contributed by atoms with Gasteiger partial charge in [0.25, 0.3) is 0 Å². The second kappa shape index (κ2) is 9.01. The van der Waals surface area contributed by atoms with E-state index >= 15 is 0 Å². The first-order chi connectivity index (χ1) is 14.3. The van der Waals surface area contributed by atoms with E-state index in [1.165, 1.54) is 23.5 Å². The number of nitrogens with one attached hydrogen (secondary N) is 1. The van der Waals surface area contributed by atoms with Crippen LogP contribution < -0.4 is 14.8 Å². The Balaban J connectivity index is 1.65. The molecule has 162 valence electrons. The molecule has 1 heterocycles. The summed E-state index contributed by atoms with van der Waals surface area (Å²) >= 11 is 0. The van der Waals surface area contributed by atoms with Gasteiger partial charge in [0.1, 0.15) is 5.82 Å². The fourth-order valence-corrected chi connectivity index (χ4v) is 4.93. The van der Waals surface area contributed by atoms with Crippen molar-refractivity contribution in [2.75, 3.05) is 32.6 Å². The number of ether oxygens (including phenoxy) is 2. The quantitative estimate of drug-likeness (QED) is 0.752. The maximum Gasteiger partial charge on any atom is 0.243 e. The number of nitrogens with zero attached hydrogens (tertiary/aromatic N) is 1. The molecular weight excluding hydrogens is 411 g/mol. The number of halogens is 1. The van der Waals surface area contributed by atoms with Gasteiger partial charge in [-0.15, -0.1) is 0 Å². The molecule has 0 spiro atoms. The van der Waals surface area contributed by atoms with E-state index in [0.29, 0.717) is 30.0 Å². The minimum absolute atomic E-state index is 0.0488. The molecule has 0 bridgehead atoms. The molecule has 30 heavy (non-hydrogen) atoms. The van der Waals surface area contributed by atoms with E-state index in [-0.39, 0.29) is 29.8 Å². The molecule has 9 heteroatoms. The molecule has 1 aliphatic heterocycles. The van der Waals surface area contributed by atoms with Crippen molar-refractivity contribution in [3.8, 4) is 11.5 Å². The summed E-state index contributed by atoms with van der Waals surface area (Å²) in [6.45, 7) is 2.31. The molecule has 0 saturated carbocycles. The number of carbonyl (C=O) groups is 1. The molecule has 7 nitrogen and oxygen atoms in total. The van der Waals surface area contributed by atoms with Gasteiger partial charge in [-0.2, -0.15) is 4.31 Å². The van der Waals surface area contributed by atoms with Gasteiger partial charge in [-0.05, 0) is 55.7 Å². The first-order valence-corrected chi connectivity index (χ1v) is 11.0. The van der Waals surface area contributed by atoms with Gasteiger partial charge >= 0.3 is 0 Å². The number of amides is 1. The summed E-state index contributed by atoms with van der Waals surface area (Å²) < 4.78 is 50.4. The third-order valence-electron chi connectivity index (χ3n) is 5.26. The van der Waals surface area contributed by atoms with E-state index in [1.807, 2.05) is 6.92 Å². The summed E-state index contributed by atoms with van der Waals surface area (Å²) in [4.78, 5) is 12.8. The van der Waals surface area contributed by atoms with Crippen LogP contribution in [-0.4, -0.2) is 45.9 Å². The maximum atomic E-state index is 13.1. The van der Waals surface area contributed by atoms with Gasteiger partial charge in [-0.1, -0.05) is 0 Å². The van der Waals surface area contributed by atoms with Crippen LogP contribution in [0.25, 0.3) is 0 Å². The SMILES string of the molecule is COc1cc(C)c(NC(=O)C2CCN(S(=O)(=O)c3ccc(F)cc3)CC2)cc1OC. The summed E-state index contributed by atoms with van der Waals surface area (Å²) in [7, 11) is -0.637. The summed E-state index contributed by atoms with van der Waals surface area (Å²) in [6.07, 6.45) is 0.803. The Bertz CT molecular complexity index is 1020. The van der Waals surface area contributed by atoms with E-state index < -0.39 is 15.8 Å². The first-order valence-electron chi connectivity index (χ1n) is 9.55. The second-order valence-corrected chi connectivity index (χ2v) is 9.08. The van der Waals surface area contributed by atoms with E-state index in [0.717, 1.165) is 17.7 Å². The standard InChI is InChI=1S/C21H25FN2O5S/c1-14-12-19(28-2)20(29-3)13-18(14)23-21(25)15-8-10-24(11-9-15)30(26,27)17-6-4-16(22)5-7-17/h4-7,12-13,15H,8-11H2,1-3H3,(H,23,25). The van der Waals surface area contributed by atoms with E-state index in [1.54, 1.807) is 19.2 Å². The van der Waals surface area contributed by atoms with Gasteiger partial charge in [0.05, 0.1) is 19.1 Å². The normalized spacial score (nSPS) is 15.6. The summed E-state index contributed by atoms with van der Waals surface area (Å²) in [5.74, 6) is 0.127. The zero-order valence-corrected chi connectivity index (χ0v) is 18.0. The molecule has 3 rings (SSSR count). The van der Waals surface area contributed by atoms with Crippen LogP contribution in [-0.2, 0) is 14.8 Å². The monoisotopic (exact) mass is 436 g/mol. The lowest BCUT2D eigenvalue weighted by atomic mass is 9.97. The molecule has 1 saturated heterocycles. The zero-order chi connectivity index (χ0) is 21.9. The summed E-state index contributed by atoms with van der Waals surface area (Å²) in [5.41, 5.74) is 1.45. The predicted octanol–water partition coefficient (Wildman–Crippen LogP) is 3.19. The molecule has 1 amide bonds. The van der Waals surface area contributed by atoms with Crippen molar-refractivity contribution in [2.24, 2.45) is 5.92 Å². The number of hydrogen-bond acceptors (Lipinski definition) is 5. The minimum Gasteiger partial charge on any atom is -0.493 e. The summed E-state index contributed by atoms with van der Waals surface area (Å²) in [6, 6.07) is 8.25. The van der Waals surface area contributed by atoms with E-state index in [2.05, 4.69) is 5.32 Å². The average Bonchev–Trinajstić information content (AvgIpc) is 2.75. The number of anilines is 1. The van der Waals surface area contributed by atoms with Gasteiger partial charge in [-0.25, -0.2) is 12.8 Å². The molecule has 0 atom stereocenters. The lowest BCUT2D eigenvalue weighted by molar-refractivity contribution is -0.120. The number of piperidine rings is 1. The lowest BCUT2D eigenvalue weighted by Gasteiger charge is -2.30. The van der Waals surface area contributed by atoms with Gasteiger partial charge in [0.2, 0.25) is 15.9 Å². The van der Waals surface area contributed by atoms with Crippen LogP contribution in [0.3, 0.4) is 0 Å². The smallest absolute Gasteiger partial charge is 0.243 e. The van der Waals surface area contributed by atoms with Crippen molar-refractivity contribution in [3.05, 3.63) is 47.8 Å². The highest BCUT2D eigenvalue weighted by Crippen LogP contribution is 2.33. The van der Waals surface area contributed by atoms with Crippen molar-refractivity contribution < 1.29 is 27.1 Å². The van der Waals surface area contributed by atoms with Crippen LogP contribution in [0.1, 0.15) is 18.4 Å². The number of hydrogen-bond donors (Lipinski definition) is 1. The van der Waals surface area contributed by atoms with Gasteiger partial charge < -0.3 is 14.8 Å². The van der Waals surface area contributed by atoms with Crippen molar-refractivity contribution in [3.63, 3.8) is 0 Å². The van der Waals surface area contributed by atoms with Crippen LogP contribution in [0.2, 0.25) is 0 Å². The van der Waals surface area contributed by atoms with Crippen LogP contribution in [0, 0.1) is 18.7 Å². The van der Waals surface area contributed by atoms with Crippen molar-refractivity contribution in [1.82, 2.24) is 4.31 Å². The molecule has 1 N–H and O–H groups in total. The Labute approximate surface area is 175 Å². The van der Waals surface area contributed by atoms with E-state index in [9.17, 15) is 17.6 Å². The molecule has 0 unspecified atom stereocenters. The van der Waals surface area contributed by atoms with Crippen LogP contribution >= 0.6 is 0 Å². The average molecular weight is 437 g/mol. The zero-order valence-electron chi connectivity index (χ0n) is 17.1. The third-order valence-corrected chi connectivity index (χ3v) is 7.18. The highest BCUT2D eigenvalue weighted by molar-refractivity contribution is 7.89. The molecule has 2 aromatic rings. The van der Waals surface area contributed by atoms with Gasteiger partial charge in [0, 0.05) is 30.8 Å². The Morgan fingerprint density at radius 3 is 2.20 bits per heavy atom. The van der Waals surface area contributed by atoms with Gasteiger partial charge in [-0.3, -0.25) is 4.79 Å². The molecule has 0 aromatic heterocycles. The minimum atomic E-state index is -3.71. The number of rotatable bonds is 6. The topological polar surface area (TPSA) is 84.9 Å². The fourth-order valence-electron chi connectivity index (χ4n) is 3.46. The van der Waals surface area contributed by atoms with E-state index in [4.69, 9.17) is 9.47 Å². The number of methoxy groups -OCH3 is 2. The Hall–Kier alpha value is -2.65. The maximum absolute atomic E-state index is 13.1. The number of sulfonamides is 1. The number of aryl methyl sites for hydroxylation is 1. The lowest BCUT2D eigenvalue weighted by Crippen LogP contribution is -2.41. The molecule has 2 aromatic carbocycles. The molecular formula is C21H25FN2O5S. The predicted molar refractivity (Wildman–Crippen MR) is 111 cm³/mol. The Kier molecular flexibility index (Phi) is 6.62. The first kappa shape index (κ1) is 22.0. The molecule has 0 radical (unpaired) electrons. The van der Waals surface area contributed by atoms with Gasteiger partial charge in [0.15, 0.2) is 11.5 Å². The van der Waals surface area contributed by atoms with Crippen molar-refractivity contribution in [2.45, 2.75) is 24.7 Å². The molecule has 1 fully saturated rings. The number of benzene rings is 2. The van der Waals surface area contributed by atoms with Crippen LogP contribution in [0.4, 0.5) is 10.1 Å². The van der Waals surface area contributed by atoms with Crippen LogP contribution in [0.15, 0.2) is 41.3 Å².